The topological polar surface area (TPSA) is 41.1 Å². The fourth-order valence-electron chi connectivity index (χ4n) is 2.28. The van der Waals surface area contributed by atoms with Gasteiger partial charge in [0.25, 0.3) is 0 Å². The van der Waals surface area contributed by atoms with E-state index in [0.29, 0.717) is 18.3 Å². The zero-order valence-corrected chi connectivity index (χ0v) is 13.0. The summed E-state index contributed by atoms with van der Waals surface area (Å²) in [7, 11) is 0. The molecule has 2 atom stereocenters. The largest absolute Gasteiger partial charge is 0.355 e. The van der Waals surface area contributed by atoms with Crippen LogP contribution in [0.5, 0.6) is 0 Å². The van der Waals surface area contributed by atoms with Gasteiger partial charge in [-0.15, -0.1) is 0 Å². The van der Waals surface area contributed by atoms with Crippen LogP contribution in [0.15, 0.2) is 0 Å². The van der Waals surface area contributed by atoms with Crippen LogP contribution in [-0.2, 0) is 4.79 Å². The van der Waals surface area contributed by atoms with Gasteiger partial charge in [-0.05, 0) is 57.9 Å². The molecular weight excluding hydrogens is 244 g/mol. The molecule has 1 aliphatic rings. The van der Waals surface area contributed by atoms with Crippen molar-refractivity contribution in [2.45, 2.75) is 44.8 Å². The minimum Gasteiger partial charge on any atom is -0.355 e. The van der Waals surface area contributed by atoms with Crippen molar-refractivity contribution in [2.24, 2.45) is 11.8 Å². The zero-order chi connectivity index (χ0) is 13.6. The molecule has 0 spiro atoms. The molecule has 2 unspecified atom stereocenters. The van der Waals surface area contributed by atoms with Gasteiger partial charge in [0.15, 0.2) is 0 Å². The van der Waals surface area contributed by atoms with Gasteiger partial charge in [0, 0.05) is 17.7 Å². The molecular formula is C14H28N2OS. The van der Waals surface area contributed by atoms with Crippen molar-refractivity contribution in [3.8, 4) is 0 Å². The second kappa shape index (κ2) is 7.39. The smallest absolute Gasteiger partial charge is 0.220 e. The maximum absolute atomic E-state index is 11.9. The third-order valence-corrected chi connectivity index (χ3v) is 5.16. The number of hydrogen-bond donors (Lipinski definition) is 2. The van der Waals surface area contributed by atoms with Gasteiger partial charge in [0.05, 0.1) is 0 Å². The number of amides is 1. The van der Waals surface area contributed by atoms with E-state index in [2.05, 4.69) is 37.7 Å². The lowest BCUT2D eigenvalue weighted by Gasteiger charge is -2.28. The Labute approximate surface area is 116 Å². The van der Waals surface area contributed by atoms with Crippen LogP contribution in [-0.4, -0.2) is 36.5 Å². The molecule has 1 aliphatic heterocycles. The summed E-state index contributed by atoms with van der Waals surface area (Å²) < 4.78 is 0.130. The average molecular weight is 272 g/mol. The number of thioether (sulfide) groups is 1. The van der Waals surface area contributed by atoms with Gasteiger partial charge in [0.1, 0.15) is 0 Å². The number of carbonyl (C=O) groups excluding carboxylic acids is 1. The minimum absolute atomic E-state index is 0.130. The molecule has 1 rings (SSSR count). The van der Waals surface area contributed by atoms with E-state index in [0.717, 1.165) is 19.6 Å². The molecule has 0 aliphatic carbocycles. The summed E-state index contributed by atoms with van der Waals surface area (Å²) in [5, 5.41) is 6.48. The summed E-state index contributed by atoms with van der Waals surface area (Å²) in [4.78, 5) is 11.9. The molecule has 1 saturated heterocycles. The standard InChI is InChI=1S/C14H28N2OS/c1-11(12-6-5-7-15-9-12)8-13(17)16-10-14(2,3)18-4/h11-12,15H,5-10H2,1-4H3,(H,16,17). The molecule has 1 heterocycles. The highest BCUT2D eigenvalue weighted by molar-refractivity contribution is 7.99. The summed E-state index contributed by atoms with van der Waals surface area (Å²) in [6.45, 7) is 9.49. The number of nitrogens with one attached hydrogen (secondary N) is 2. The molecule has 2 N–H and O–H groups in total. The quantitative estimate of drug-likeness (QED) is 0.779. The van der Waals surface area contributed by atoms with E-state index in [1.807, 2.05) is 0 Å². The van der Waals surface area contributed by atoms with E-state index < -0.39 is 0 Å². The second-order valence-electron chi connectivity index (χ2n) is 6.03. The number of carbonyl (C=O) groups is 1. The lowest BCUT2D eigenvalue weighted by molar-refractivity contribution is -0.122. The van der Waals surface area contributed by atoms with Crippen molar-refractivity contribution in [1.82, 2.24) is 10.6 Å². The summed E-state index contributed by atoms with van der Waals surface area (Å²) >= 11 is 1.79. The first kappa shape index (κ1) is 15.8. The van der Waals surface area contributed by atoms with Gasteiger partial charge in [-0.2, -0.15) is 11.8 Å². The van der Waals surface area contributed by atoms with E-state index in [-0.39, 0.29) is 10.7 Å². The minimum atomic E-state index is 0.130. The molecule has 0 aromatic heterocycles. The van der Waals surface area contributed by atoms with Gasteiger partial charge in [-0.25, -0.2) is 0 Å². The number of piperidine rings is 1. The van der Waals surface area contributed by atoms with Crippen LogP contribution < -0.4 is 10.6 Å². The number of hydrogen-bond acceptors (Lipinski definition) is 3. The molecule has 18 heavy (non-hydrogen) atoms. The molecule has 0 saturated carbocycles. The van der Waals surface area contributed by atoms with Gasteiger partial charge in [0.2, 0.25) is 5.91 Å². The normalized spacial score (nSPS) is 22.6. The van der Waals surface area contributed by atoms with Crippen LogP contribution in [0, 0.1) is 11.8 Å². The van der Waals surface area contributed by atoms with Gasteiger partial charge >= 0.3 is 0 Å². The Kier molecular flexibility index (Phi) is 6.50. The van der Waals surface area contributed by atoms with Crippen molar-refractivity contribution in [3.05, 3.63) is 0 Å². The Morgan fingerprint density at radius 3 is 2.83 bits per heavy atom. The molecule has 1 amide bonds. The van der Waals surface area contributed by atoms with Crippen molar-refractivity contribution < 1.29 is 4.79 Å². The van der Waals surface area contributed by atoms with E-state index in [1.165, 1.54) is 12.8 Å². The van der Waals surface area contributed by atoms with E-state index in [1.54, 1.807) is 11.8 Å². The Morgan fingerprint density at radius 1 is 1.56 bits per heavy atom. The lowest BCUT2D eigenvalue weighted by Crippen LogP contribution is -2.39. The Bertz CT molecular complexity index is 263. The summed E-state index contributed by atoms with van der Waals surface area (Å²) in [5.74, 6) is 1.35. The van der Waals surface area contributed by atoms with Crippen LogP contribution in [0.2, 0.25) is 0 Å². The SMILES string of the molecule is CSC(C)(C)CNC(=O)CC(C)C1CCCNC1. The first-order chi connectivity index (χ1) is 8.44. The van der Waals surface area contributed by atoms with E-state index in [9.17, 15) is 4.79 Å². The van der Waals surface area contributed by atoms with Crippen LogP contribution in [0.3, 0.4) is 0 Å². The predicted octanol–water partition coefficient (Wildman–Crippen LogP) is 2.27. The highest BCUT2D eigenvalue weighted by atomic mass is 32.2. The highest BCUT2D eigenvalue weighted by Crippen LogP contribution is 2.23. The Hall–Kier alpha value is -0.220. The highest BCUT2D eigenvalue weighted by Gasteiger charge is 2.23. The van der Waals surface area contributed by atoms with E-state index in [4.69, 9.17) is 0 Å². The maximum Gasteiger partial charge on any atom is 0.220 e. The monoisotopic (exact) mass is 272 g/mol. The van der Waals surface area contributed by atoms with Crippen LogP contribution >= 0.6 is 11.8 Å². The summed E-state index contributed by atoms with van der Waals surface area (Å²) in [6, 6.07) is 0. The molecule has 0 aromatic rings. The molecule has 0 radical (unpaired) electrons. The summed E-state index contributed by atoms with van der Waals surface area (Å²) in [6.07, 6.45) is 5.26. The van der Waals surface area contributed by atoms with E-state index >= 15 is 0 Å². The van der Waals surface area contributed by atoms with Crippen LogP contribution in [0.4, 0.5) is 0 Å². The third kappa shape index (κ3) is 5.61. The maximum atomic E-state index is 11.9. The van der Waals surface area contributed by atoms with Crippen molar-refractivity contribution >= 4 is 17.7 Å². The number of rotatable bonds is 6. The van der Waals surface area contributed by atoms with Crippen molar-refractivity contribution in [1.29, 1.82) is 0 Å². The molecule has 3 nitrogen and oxygen atoms in total. The molecule has 106 valence electrons. The Balaban J connectivity index is 2.26. The molecule has 0 bridgehead atoms. The van der Waals surface area contributed by atoms with Gasteiger partial charge < -0.3 is 10.6 Å². The zero-order valence-electron chi connectivity index (χ0n) is 12.2. The van der Waals surface area contributed by atoms with Crippen LogP contribution in [0.1, 0.15) is 40.0 Å². The molecule has 0 aromatic carbocycles. The third-order valence-electron chi connectivity index (χ3n) is 3.91. The lowest BCUT2D eigenvalue weighted by atomic mass is 9.85. The van der Waals surface area contributed by atoms with Crippen molar-refractivity contribution in [3.63, 3.8) is 0 Å². The average Bonchev–Trinajstić information content (AvgIpc) is 2.37. The van der Waals surface area contributed by atoms with Crippen LogP contribution in [0.25, 0.3) is 0 Å². The molecule has 4 heteroatoms. The van der Waals surface area contributed by atoms with Gasteiger partial charge in [-0.3, -0.25) is 4.79 Å². The predicted molar refractivity (Wildman–Crippen MR) is 80.0 cm³/mol. The first-order valence-electron chi connectivity index (χ1n) is 6.97. The molecule has 1 fully saturated rings. The van der Waals surface area contributed by atoms with Crippen molar-refractivity contribution in [2.75, 3.05) is 25.9 Å². The fraction of sp³-hybridized carbons (Fsp3) is 0.929. The first-order valence-corrected chi connectivity index (χ1v) is 8.19. The Morgan fingerprint density at radius 2 is 2.28 bits per heavy atom. The second-order valence-corrected chi connectivity index (χ2v) is 7.54. The van der Waals surface area contributed by atoms with Gasteiger partial charge in [-0.1, -0.05) is 6.92 Å². The fourth-order valence-corrected chi connectivity index (χ4v) is 2.50. The summed E-state index contributed by atoms with van der Waals surface area (Å²) in [5.41, 5.74) is 0.